The number of carbonyl (C=O) groups excluding carboxylic acids is 1. The Morgan fingerprint density at radius 2 is 2.42 bits per heavy atom. The third-order valence-corrected chi connectivity index (χ3v) is 1.77. The Morgan fingerprint density at radius 1 is 1.75 bits per heavy atom. The lowest BCUT2D eigenvalue weighted by atomic mass is 9.94. The lowest BCUT2D eigenvalue weighted by molar-refractivity contribution is 0.0679. The van der Waals surface area contributed by atoms with Crippen LogP contribution in [0, 0.1) is 0 Å². The minimum absolute atomic E-state index is 0.551. The van der Waals surface area contributed by atoms with E-state index < -0.39 is 11.7 Å². The van der Waals surface area contributed by atoms with E-state index in [2.05, 4.69) is 0 Å². The van der Waals surface area contributed by atoms with E-state index in [1.807, 2.05) is 32.1 Å². The van der Waals surface area contributed by atoms with Gasteiger partial charge in [0.15, 0.2) is 0 Å². The van der Waals surface area contributed by atoms with Crippen LogP contribution in [0.4, 0.5) is 4.79 Å². The molecule has 12 heavy (non-hydrogen) atoms. The zero-order chi connectivity index (χ0) is 9.19. The molecule has 0 saturated carbocycles. The Balaban J connectivity index is 2.73. The van der Waals surface area contributed by atoms with Gasteiger partial charge in [0.05, 0.1) is 0 Å². The van der Waals surface area contributed by atoms with Crippen LogP contribution in [0.1, 0.15) is 20.3 Å². The molecule has 1 aliphatic carbocycles. The zero-order valence-electron chi connectivity index (χ0n) is 7.33. The standard InChI is InChI=1S/C9H13NO2/c1-7-4-3-5-9(2,6-7)12-8(10)11/h3-4,6H,5H2,1-2H3,(H2,10,11). The summed E-state index contributed by atoms with van der Waals surface area (Å²) in [4.78, 5) is 10.5. The van der Waals surface area contributed by atoms with Crippen LogP contribution in [0.25, 0.3) is 0 Å². The molecule has 1 amide bonds. The van der Waals surface area contributed by atoms with Gasteiger partial charge in [-0.2, -0.15) is 0 Å². The van der Waals surface area contributed by atoms with Gasteiger partial charge < -0.3 is 10.5 Å². The molecule has 66 valence electrons. The van der Waals surface area contributed by atoms with Crippen molar-refractivity contribution in [3.8, 4) is 0 Å². The Morgan fingerprint density at radius 3 is 2.92 bits per heavy atom. The molecule has 0 spiro atoms. The first-order chi connectivity index (χ1) is 5.52. The first-order valence-corrected chi connectivity index (χ1v) is 3.86. The number of amides is 1. The Kier molecular flexibility index (Phi) is 2.22. The quantitative estimate of drug-likeness (QED) is 0.646. The normalized spacial score (nSPS) is 28.0. The average molecular weight is 167 g/mol. The maximum absolute atomic E-state index is 10.5. The van der Waals surface area contributed by atoms with E-state index in [1.54, 1.807) is 0 Å². The number of hydrogen-bond donors (Lipinski definition) is 1. The van der Waals surface area contributed by atoms with Crippen LogP contribution in [0.15, 0.2) is 23.8 Å². The van der Waals surface area contributed by atoms with Crippen molar-refractivity contribution in [2.45, 2.75) is 25.9 Å². The molecular weight excluding hydrogens is 154 g/mol. The van der Waals surface area contributed by atoms with E-state index in [0.29, 0.717) is 6.42 Å². The van der Waals surface area contributed by atoms with Gasteiger partial charge in [-0.1, -0.05) is 17.7 Å². The van der Waals surface area contributed by atoms with Gasteiger partial charge in [-0.25, -0.2) is 4.79 Å². The highest BCUT2D eigenvalue weighted by Gasteiger charge is 2.25. The molecule has 0 bridgehead atoms. The summed E-state index contributed by atoms with van der Waals surface area (Å²) >= 11 is 0. The first kappa shape index (κ1) is 8.84. The largest absolute Gasteiger partial charge is 0.439 e. The summed E-state index contributed by atoms with van der Waals surface area (Å²) in [6.07, 6.45) is 5.83. The van der Waals surface area contributed by atoms with Crippen molar-refractivity contribution >= 4 is 6.09 Å². The predicted molar refractivity (Wildman–Crippen MR) is 46.6 cm³/mol. The average Bonchev–Trinajstić information content (AvgIpc) is 1.82. The van der Waals surface area contributed by atoms with Crippen molar-refractivity contribution in [2.75, 3.05) is 0 Å². The Bertz CT molecular complexity index is 255. The monoisotopic (exact) mass is 167 g/mol. The van der Waals surface area contributed by atoms with Crippen LogP contribution in [-0.4, -0.2) is 11.7 Å². The molecule has 2 N–H and O–H groups in total. The smallest absolute Gasteiger partial charge is 0.405 e. The fourth-order valence-corrected chi connectivity index (χ4v) is 1.37. The van der Waals surface area contributed by atoms with E-state index in [4.69, 9.17) is 10.5 Å². The van der Waals surface area contributed by atoms with Gasteiger partial charge >= 0.3 is 6.09 Å². The molecule has 1 rings (SSSR count). The predicted octanol–water partition coefficient (Wildman–Crippen LogP) is 1.75. The number of primary amides is 1. The summed E-state index contributed by atoms with van der Waals surface area (Å²) in [5, 5.41) is 0. The highest BCUT2D eigenvalue weighted by molar-refractivity contribution is 5.65. The molecule has 0 aromatic rings. The first-order valence-electron chi connectivity index (χ1n) is 3.86. The third kappa shape index (κ3) is 2.12. The number of rotatable bonds is 1. The van der Waals surface area contributed by atoms with Crippen molar-refractivity contribution in [1.82, 2.24) is 0 Å². The molecule has 3 heteroatoms. The molecule has 3 nitrogen and oxygen atoms in total. The van der Waals surface area contributed by atoms with Gasteiger partial charge in [-0.05, 0) is 19.9 Å². The minimum Gasteiger partial charge on any atom is -0.439 e. The number of ether oxygens (including phenoxy) is 1. The van der Waals surface area contributed by atoms with Crippen LogP contribution < -0.4 is 5.73 Å². The number of carbonyl (C=O) groups is 1. The second kappa shape index (κ2) is 3.01. The lowest BCUT2D eigenvalue weighted by Crippen LogP contribution is -2.33. The zero-order valence-corrected chi connectivity index (χ0v) is 7.33. The van der Waals surface area contributed by atoms with Crippen molar-refractivity contribution in [3.05, 3.63) is 23.8 Å². The van der Waals surface area contributed by atoms with Crippen molar-refractivity contribution in [2.24, 2.45) is 5.73 Å². The number of nitrogens with two attached hydrogens (primary N) is 1. The molecule has 0 aromatic carbocycles. The highest BCUT2D eigenvalue weighted by Crippen LogP contribution is 2.24. The minimum atomic E-state index is -0.725. The van der Waals surface area contributed by atoms with Crippen LogP contribution in [0.5, 0.6) is 0 Å². The molecule has 0 heterocycles. The molecule has 1 aliphatic rings. The highest BCUT2D eigenvalue weighted by atomic mass is 16.6. The van der Waals surface area contributed by atoms with Crippen LogP contribution in [-0.2, 0) is 4.74 Å². The summed E-state index contributed by atoms with van der Waals surface area (Å²) < 4.78 is 4.96. The van der Waals surface area contributed by atoms with Crippen LogP contribution >= 0.6 is 0 Å². The molecule has 0 aromatic heterocycles. The van der Waals surface area contributed by atoms with E-state index in [9.17, 15) is 4.79 Å². The summed E-state index contributed by atoms with van der Waals surface area (Å²) in [6.45, 7) is 3.79. The van der Waals surface area contributed by atoms with E-state index in [0.717, 1.165) is 5.57 Å². The van der Waals surface area contributed by atoms with Gasteiger partial charge in [0, 0.05) is 6.42 Å². The molecule has 1 atom stereocenters. The molecular formula is C9H13NO2. The summed E-state index contributed by atoms with van der Waals surface area (Å²) in [5.74, 6) is 0. The second-order valence-corrected chi connectivity index (χ2v) is 3.23. The van der Waals surface area contributed by atoms with Gasteiger partial charge in [-0.15, -0.1) is 0 Å². The fourth-order valence-electron chi connectivity index (χ4n) is 1.37. The maximum Gasteiger partial charge on any atom is 0.405 e. The molecule has 0 fully saturated rings. The summed E-state index contributed by atoms with van der Waals surface area (Å²) in [6, 6.07) is 0. The van der Waals surface area contributed by atoms with Gasteiger partial charge in [0.1, 0.15) is 5.60 Å². The maximum atomic E-state index is 10.5. The van der Waals surface area contributed by atoms with Gasteiger partial charge in [0.2, 0.25) is 0 Å². The lowest BCUT2D eigenvalue weighted by Gasteiger charge is -2.26. The van der Waals surface area contributed by atoms with E-state index >= 15 is 0 Å². The SMILES string of the molecule is CC1=CC(C)(OC(N)=O)CC=C1. The number of allylic oxidation sites excluding steroid dienone is 2. The summed E-state index contributed by atoms with van der Waals surface area (Å²) in [5.41, 5.74) is 5.48. The molecule has 0 aliphatic heterocycles. The summed E-state index contributed by atoms with van der Waals surface area (Å²) in [7, 11) is 0. The van der Waals surface area contributed by atoms with Gasteiger partial charge in [-0.3, -0.25) is 0 Å². The Labute approximate surface area is 71.9 Å². The second-order valence-electron chi connectivity index (χ2n) is 3.23. The van der Waals surface area contributed by atoms with E-state index in [1.165, 1.54) is 0 Å². The van der Waals surface area contributed by atoms with Crippen LogP contribution in [0.2, 0.25) is 0 Å². The van der Waals surface area contributed by atoms with Crippen molar-refractivity contribution in [1.29, 1.82) is 0 Å². The van der Waals surface area contributed by atoms with E-state index in [-0.39, 0.29) is 0 Å². The number of hydrogen-bond acceptors (Lipinski definition) is 2. The van der Waals surface area contributed by atoms with Crippen molar-refractivity contribution in [3.63, 3.8) is 0 Å². The van der Waals surface area contributed by atoms with Crippen LogP contribution in [0.3, 0.4) is 0 Å². The third-order valence-electron chi connectivity index (χ3n) is 1.77. The topological polar surface area (TPSA) is 52.3 Å². The molecule has 0 saturated heterocycles. The van der Waals surface area contributed by atoms with Gasteiger partial charge in [0.25, 0.3) is 0 Å². The van der Waals surface area contributed by atoms with Crippen molar-refractivity contribution < 1.29 is 9.53 Å². The Hall–Kier alpha value is -1.25. The molecule has 0 radical (unpaired) electrons. The fraction of sp³-hybridized carbons (Fsp3) is 0.444. The molecule has 1 unspecified atom stereocenters.